The number of nitrogens with zero attached hydrogens (tertiary/aromatic N) is 1. The van der Waals surface area contributed by atoms with Gasteiger partial charge in [0.2, 0.25) is 11.6 Å². The highest BCUT2D eigenvalue weighted by Crippen LogP contribution is 2.31. The smallest absolute Gasteiger partial charge is 0.345 e. The maximum atomic E-state index is 13.7. The molecule has 2 atom stereocenters. The lowest BCUT2D eigenvalue weighted by Gasteiger charge is -2.39. The number of rotatable bonds is 2. The average Bonchev–Trinajstić information content (AvgIpc) is 2.48. The van der Waals surface area contributed by atoms with Crippen molar-refractivity contribution < 1.29 is 32.2 Å². The molecule has 1 aliphatic heterocycles. The van der Waals surface area contributed by atoms with Crippen molar-refractivity contribution >= 4 is 5.97 Å². The van der Waals surface area contributed by atoms with Crippen molar-refractivity contribution in [2.75, 3.05) is 7.05 Å². The number of carbonyl (C=O) groups excluding carboxylic acids is 1. The summed E-state index contributed by atoms with van der Waals surface area (Å²) in [6.45, 7) is 3.82. The molecule has 1 heterocycles. The van der Waals surface area contributed by atoms with Crippen molar-refractivity contribution in [3.05, 3.63) is 28.8 Å². The maximum absolute atomic E-state index is 13.7. The van der Waals surface area contributed by atoms with E-state index in [1.165, 1.54) is 0 Å². The molecule has 1 aromatic rings. The molecule has 0 amide bonds. The predicted molar refractivity (Wildman–Crippen MR) is 73.1 cm³/mol. The molecular formula is C15H17F4NO3. The van der Waals surface area contributed by atoms with E-state index in [9.17, 15) is 27.5 Å². The van der Waals surface area contributed by atoms with Crippen LogP contribution in [-0.2, 0) is 4.74 Å². The SMILES string of the molecule is CC1CC(OC(=O)c2c(O)c(F)c(F)c(F)c2F)CC(C)N1C. The lowest BCUT2D eigenvalue weighted by atomic mass is 9.95. The van der Waals surface area contributed by atoms with Crippen molar-refractivity contribution in [1.82, 2.24) is 4.90 Å². The van der Waals surface area contributed by atoms with Crippen LogP contribution >= 0.6 is 0 Å². The standard InChI is InChI=1S/C15H17F4NO3/c1-6-4-8(5-7(2)20(6)3)23-15(22)9-10(16)11(17)12(18)13(19)14(9)21/h6-8,21H,4-5H2,1-3H3. The van der Waals surface area contributed by atoms with Crippen LogP contribution in [-0.4, -0.2) is 41.2 Å². The third kappa shape index (κ3) is 3.12. The Hall–Kier alpha value is -1.83. The second kappa shape index (κ2) is 6.35. The molecule has 0 aromatic heterocycles. The summed E-state index contributed by atoms with van der Waals surface area (Å²) in [5.41, 5.74) is -1.33. The third-order valence-corrected chi connectivity index (χ3v) is 4.32. The van der Waals surface area contributed by atoms with Gasteiger partial charge in [-0.25, -0.2) is 18.0 Å². The van der Waals surface area contributed by atoms with Crippen LogP contribution in [0, 0.1) is 23.3 Å². The molecule has 1 N–H and O–H groups in total. The molecule has 1 aliphatic rings. The first-order valence-electron chi connectivity index (χ1n) is 7.12. The van der Waals surface area contributed by atoms with E-state index in [0.29, 0.717) is 12.8 Å². The van der Waals surface area contributed by atoms with Crippen molar-refractivity contribution in [2.45, 2.75) is 44.9 Å². The van der Waals surface area contributed by atoms with Gasteiger partial charge in [0.05, 0.1) is 0 Å². The summed E-state index contributed by atoms with van der Waals surface area (Å²) in [4.78, 5) is 14.0. The zero-order valence-corrected chi connectivity index (χ0v) is 12.9. The summed E-state index contributed by atoms with van der Waals surface area (Å²) < 4.78 is 58.3. The van der Waals surface area contributed by atoms with Gasteiger partial charge in [-0.2, -0.15) is 4.39 Å². The lowest BCUT2D eigenvalue weighted by molar-refractivity contribution is -0.0104. The Bertz CT molecular complexity index is 597. The van der Waals surface area contributed by atoms with Gasteiger partial charge in [-0.05, 0) is 33.7 Å². The minimum Gasteiger partial charge on any atom is -0.504 e. The second-order valence-electron chi connectivity index (χ2n) is 5.84. The molecule has 1 fully saturated rings. The molecule has 23 heavy (non-hydrogen) atoms. The Labute approximate surface area is 130 Å². The normalized spacial score (nSPS) is 25.4. The monoisotopic (exact) mass is 335 g/mol. The van der Waals surface area contributed by atoms with E-state index in [0.717, 1.165) is 0 Å². The summed E-state index contributed by atoms with van der Waals surface area (Å²) in [6.07, 6.45) is 0.293. The zero-order chi connectivity index (χ0) is 17.5. The summed E-state index contributed by atoms with van der Waals surface area (Å²) in [6, 6.07) is 0.161. The van der Waals surface area contributed by atoms with Gasteiger partial charge in [0, 0.05) is 12.1 Å². The van der Waals surface area contributed by atoms with E-state index >= 15 is 0 Å². The number of hydrogen-bond acceptors (Lipinski definition) is 4. The van der Waals surface area contributed by atoms with E-state index in [-0.39, 0.29) is 12.1 Å². The molecule has 0 spiro atoms. The summed E-state index contributed by atoms with van der Waals surface area (Å²) in [5, 5.41) is 9.40. The molecule has 0 saturated carbocycles. The van der Waals surface area contributed by atoms with Gasteiger partial charge in [0.25, 0.3) is 0 Å². The number of aromatic hydroxyl groups is 1. The van der Waals surface area contributed by atoms with E-state index in [1.807, 2.05) is 20.9 Å². The van der Waals surface area contributed by atoms with E-state index in [1.54, 1.807) is 0 Å². The highest BCUT2D eigenvalue weighted by atomic mass is 19.2. The quantitative estimate of drug-likeness (QED) is 0.391. The van der Waals surface area contributed by atoms with Crippen LogP contribution in [0.15, 0.2) is 0 Å². The van der Waals surface area contributed by atoms with Crippen LogP contribution in [0.5, 0.6) is 5.75 Å². The number of hydrogen-bond donors (Lipinski definition) is 1. The van der Waals surface area contributed by atoms with Crippen LogP contribution in [0.1, 0.15) is 37.0 Å². The minimum atomic E-state index is -2.18. The predicted octanol–water partition coefficient (Wildman–Crippen LogP) is 2.98. The number of benzene rings is 1. The van der Waals surface area contributed by atoms with E-state index in [4.69, 9.17) is 4.74 Å². The Kier molecular flexibility index (Phi) is 4.84. The fourth-order valence-corrected chi connectivity index (χ4v) is 2.74. The first-order valence-corrected chi connectivity index (χ1v) is 7.12. The molecule has 1 aromatic carbocycles. The molecule has 128 valence electrons. The number of phenols is 1. The van der Waals surface area contributed by atoms with E-state index in [2.05, 4.69) is 4.90 Å². The van der Waals surface area contributed by atoms with Gasteiger partial charge in [0.15, 0.2) is 17.4 Å². The highest BCUT2D eigenvalue weighted by molar-refractivity contribution is 5.93. The molecular weight excluding hydrogens is 318 g/mol. The average molecular weight is 335 g/mol. The fourth-order valence-electron chi connectivity index (χ4n) is 2.74. The number of esters is 1. The number of piperidine rings is 1. The molecule has 1 saturated heterocycles. The molecule has 0 aliphatic carbocycles. The van der Waals surface area contributed by atoms with E-state index < -0.39 is 46.7 Å². The Morgan fingerprint density at radius 2 is 1.52 bits per heavy atom. The Morgan fingerprint density at radius 3 is 2.04 bits per heavy atom. The van der Waals surface area contributed by atoms with Crippen LogP contribution in [0.2, 0.25) is 0 Å². The number of likely N-dealkylation sites (tertiary alicyclic amines) is 1. The van der Waals surface area contributed by atoms with Gasteiger partial charge < -0.3 is 14.7 Å². The minimum absolute atomic E-state index is 0.0803. The Balaban J connectivity index is 2.26. The van der Waals surface area contributed by atoms with Crippen LogP contribution in [0.25, 0.3) is 0 Å². The maximum Gasteiger partial charge on any atom is 0.345 e. The highest BCUT2D eigenvalue weighted by Gasteiger charge is 2.34. The number of ether oxygens (including phenoxy) is 1. The van der Waals surface area contributed by atoms with Gasteiger partial charge >= 0.3 is 5.97 Å². The Morgan fingerprint density at radius 1 is 1.04 bits per heavy atom. The summed E-state index contributed by atoms with van der Waals surface area (Å²) >= 11 is 0. The van der Waals surface area contributed by atoms with Crippen molar-refractivity contribution in [1.29, 1.82) is 0 Å². The van der Waals surface area contributed by atoms with Crippen LogP contribution in [0.3, 0.4) is 0 Å². The summed E-state index contributed by atoms with van der Waals surface area (Å²) in [7, 11) is 1.91. The second-order valence-corrected chi connectivity index (χ2v) is 5.84. The van der Waals surface area contributed by atoms with Gasteiger partial charge in [0.1, 0.15) is 11.7 Å². The molecule has 0 bridgehead atoms. The van der Waals surface area contributed by atoms with Crippen molar-refractivity contribution in [3.8, 4) is 5.75 Å². The van der Waals surface area contributed by atoms with Gasteiger partial charge in [-0.3, -0.25) is 0 Å². The van der Waals surface area contributed by atoms with Crippen LogP contribution in [0.4, 0.5) is 17.6 Å². The molecule has 8 heteroatoms. The molecule has 2 rings (SSSR count). The molecule has 4 nitrogen and oxygen atoms in total. The number of phenolic OH excluding ortho intramolecular Hbond substituents is 1. The molecule has 2 unspecified atom stereocenters. The topological polar surface area (TPSA) is 49.8 Å². The van der Waals surface area contributed by atoms with Crippen LogP contribution < -0.4 is 0 Å². The largest absolute Gasteiger partial charge is 0.504 e. The zero-order valence-electron chi connectivity index (χ0n) is 12.9. The molecule has 0 radical (unpaired) electrons. The summed E-state index contributed by atoms with van der Waals surface area (Å²) in [5.74, 6) is -11.4. The first kappa shape index (κ1) is 17.5. The van der Waals surface area contributed by atoms with Gasteiger partial charge in [-0.1, -0.05) is 0 Å². The first-order chi connectivity index (χ1) is 10.6. The fraction of sp³-hybridized carbons (Fsp3) is 0.533. The lowest BCUT2D eigenvalue weighted by Crippen LogP contribution is -2.46. The van der Waals surface area contributed by atoms with Gasteiger partial charge in [-0.15, -0.1) is 0 Å². The van der Waals surface area contributed by atoms with Crippen molar-refractivity contribution in [3.63, 3.8) is 0 Å². The van der Waals surface area contributed by atoms with Crippen molar-refractivity contribution in [2.24, 2.45) is 0 Å². The number of carbonyl (C=O) groups is 1. The number of halogens is 4. The third-order valence-electron chi connectivity index (χ3n) is 4.32.